The van der Waals surface area contributed by atoms with Crippen LogP contribution in [0.2, 0.25) is 0 Å². The Hall–Kier alpha value is -3.08. The van der Waals surface area contributed by atoms with Crippen LogP contribution in [-0.2, 0) is 6.61 Å². The topological polar surface area (TPSA) is 64.2 Å². The highest BCUT2D eigenvalue weighted by Crippen LogP contribution is 2.37. The van der Waals surface area contributed by atoms with Gasteiger partial charge < -0.3 is 14.5 Å². The molecule has 2 heterocycles. The van der Waals surface area contributed by atoms with Crippen molar-refractivity contribution in [1.82, 2.24) is 9.97 Å². The van der Waals surface area contributed by atoms with E-state index in [1.807, 2.05) is 42.5 Å². The molecule has 5 heteroatoms. The minimum atomic E-state index is -0.212. The third kappa shape index (κ3) is 2.46. The first kappa shape index (κ1) is 13.6. The summed E-state index contributed by atoms with van der Waals surface area (Å²) in [4.78, 5) is 18.9. The molecule has 114 valence electrons. The van der Waals surface area contributed by atoms with E-state index in [4.69, 9.17) is 9.47 Å². The Bertz CT molecular complexity index is 946. The summed E-state index contributed by atoms with van der Waals surface area (Å²) in [7, 11) is 0. The summed E-state index contributed by atoms with van der Waals surface area (Å²) < 4.78 is 11.6. The van der Waals surface area contributed by atoms with Crippen LogP contribution in [0.3, 0.4) is 0 Å². The van der Waals surface area contributed by atoms with Gasteiger partial charge in [0.1, 0.15) is 30.1 Å². The highest BCUT2D eigenvalue weighted by atomic mass is 16.5. The smallest absolute Gasteiger partial charge is 0.262 e. The van der Waals surface area contributed by atoms with Crippen LogP contribution in [0, 0.1) is 0 Å². The van der Waals surface area contributed by atoms with Crippen molar-refractivity contribution in [3.05, 3.63) is 70.3 Å². The van der Waals surface area contributed by atoms with Crippen molar-refractivity contribution in [2.24, 2.45) is 0 Å². The van der Waals surface area contributed by atoms with Crippen LogP contribution in [0.25, 0.3) is 17.0 Å². The van der Waals surface area contributed by atoms with Gasteiger partial charge >= 0.3 is 0 Å². The maximum atomic E-state index is 12.1. The highest BCUT2D eigenvalue weighted by molar-refractivity contribution is 5.91. The van der Waals surface area contributed by atoms with E-state index in [2.05, 4.69) is 9.97 Å². The molecule has 0 radical (unpaired) electrons. The molecule has 0 aliphatic carbocycles. The Morgan fingerprint density at radius 2 is 2.13 bits per heavy atom. The predicted octanol–water partition coefficient (Wildman–Crippen LogP) is 2.91. The summed E-state index contributed by atoms with van der Waals surface area (Å²) in [6, 6.07) is 11.7. The number of hydrogen-bond donors (Lipinski definition) is 1. The Morgan fingerprint density at radius 1 is 1.26 bits per heavy atom. The van der Waals surface area contributed by atoms with Gasteiger partial charge in [-0.1, -0.05) is 30.3 Å². The molecule has 1 aliphatic heterocycles. The van der Waals surface area contributed by atoms with Gasteiger partial charge in [-0.2, -0.15) is 0 Å². The monoisotopic (exact) mass is 306 g/mol. The first-order valence-corrected chi connectivity index (χ1v) is 7.33. The number of nitrogens with zero attached hydrogens (tertiary/aromatic N) is 1. The zero-order valence-corrected chi connectivity index (χ0v) is 12.3. The molecule has 1 aromatic heterocycles. The predicted molar refractivity (Wildman–Crippen MR) is 87.7 cm³/mol. The van der Waals surface area contributed by atoms with Gasteiger partial charge in [0.2, 0.25) is 0 Å². The maximum absolute atomic E-state index is 12.1. The van der Waals surface area contributed by atoms with Crippen molar-refractivity contribution in [3.63, 3.8) is 0 Å². The first-order chi connectivity index (χ1) is 11.3. The van der Waals surface area contributed by atoms with Crippen LogP contribution in [0.15, 0.2) is 53.6 Å². The quantitative estimate of drug-likeness (QED) is 0.808. The van der Waals surface area contributed by atoms with Crippen molar-refractivity contribution in [2.75, 3.05) is 6.61 Å². The van der Waals surface area contributed by atoms with Crippen LogP contribution >= 0.6 is 0 Å². The van der Waals surface area contributed by atoms with E-state index in [0.29, 0.717) is 35.6 Å². The van der Waals surface area contributed by atoms with Crippen LogP contribution in [-0.4, -0.2) is 16.6 Å². The number of hydrogen-bond acceptors (Lipinski definition) is 4. The molecule has 23 heavy (non-hydrogen) atoms. The van der Waals surface area contributed by atoms with Crippen molar-refractivity contribution in [2.45, 2.75) is 6.61 Å². The first-order valence-electron chi connectivity index (χ1n) is 7.33. The molecule has 5 nitrogen and oxygen atoms in total. The molecular formula is C18H14N2O3. The number of H-pyrrole nitrogens is 1. The van der Waals surface area contributed by atoms with Gasteiger partial charge in [-0.3, -0.25) is 4.79 Å². The summed E-state index contributed by atoms with van der Waals surface area (Å²) in [5, 5.41) is 0.457. The molecule has 0 saturated carbocycles. The summed E-state index contributed by atoms with van der Waals surface area (Å²) in [6.45, 7) is 0.869. The molecule has 0 fully saturated rings. The molecule has 0 spiro atoms. The fourth-order valence-electron chi connectivity index (χ4n) is 2.65. The van der Waals surface area contributed by atoms with Gasteiger partial charge in [-0.25, -0.2) is 4.98 Å². The minimum Gasteiger partial charge on any atom is -0.488 e. The van der Waals surface area contributed by atoms with Crippen LogP contribution in [0.4, 0.5) is 0 Å². The number of nitrogens with one attached hydrogen (secondary N) is 1. The number of aromatic amines is 1. The average molecular weight is 306 g/mol. The molecule has 0 amide bonds. The van der Waals surface area contributed by atoms with Gasteiger partial charge in [0.05, 0.1) is 17.4 Å². The normalized spacial score (nSPS) is 12.7. The van der Waals surface area contributed by atoms with E-state index in [1.54, 1.807) is 6.07 Å². The lowest BCUT2D eigenvalue weighted by Crippen LogP contribution is -2.12. The van der Waals surface area contributed by atoms with Crippen molar-refractivity contribution in [3.8, 4) is 11.5 Å². The molecule has 4 rings (SSSR count). The lowest BCUT2D eigenvalue weighted by Gasteiger charge is -2.18. The van der Waals surface area contributed by atoms with Crippen molar-refractivity contribution < 1.29 is 9.47 Å². The Morgan fingerprint density at radius 3 is 3.00 bits per heavy atom. The lowest BCUT2D eigenvalue weighted by molar-refractivity contribution is 0.300. The van der Waals surface area contributed by atoms with E-state index in [0.717, 1.165) is 11.1 Å². The molecule has 2 aromatic carbocycles. The summed E-state index contributed by atoms with van der Waals surface area (Å²) in [5.41, 5.74) is 2.20. The molecule has 3 aromatic rings. The fraction of sp³-hybridized carbons (Fsp3) is 0.111. The van der Waals surface area contributed by atoms with Gasteiger partial charge in [0.15, 0.2) is 0 Å². The van der Waals surface area contributed by atoms with Crippen LogP contribution in [0.5, 0.6) is 11.5 Å². The van der Waals surface area contributed by atoms with E-state index in [9.17, 15) is 4.79 Å². The second-order valence-electron chi connectivity index (χ2n) is 5.23. The number of benzene rings is 2. The Kier molecular flexibility index (Phi) is 3.31. The van der Waals surface area contributed by atoms with Crippen LogP contribution < -0.4 is 15.0 Å². The summed E-state index contributed by atoms with van der Waals surface area (Å²) in [6.07, 6.45) is 5.20. The summed E-state index contributed by atoms with van der Waals surface area (Å²) >= 11 is 0. The van der Waals surface area contributed by atoms with E-state index in [1.165, 1.54) is 6.33 Å². The third-order valence-electron chi connectivity index (χ3n) is 3.73. The number of aromatic nitrogens is 2. The van der Waals surface area contributed by atoms with E-state index in [-0.39, 0.29) is 5.56 Å². The largest absolute Gasteiger partial charge is 0.488 e. The molecule has 0 saturated heterocycles. The molecule has 1 aliphatic rings. The zero-order chi connectivity index (χ0) is 15.6. The molecular weight excluding hydrogens is 292 g/mol. The minimum absolute atomic E-state index is 0.212. The van der Waals surface area contributed by atoms with E-state index < -0.39 is 0 Å². The molecule has 0 bridgehead atoms. The number of ether oxygens (including phenoxy) is 2. The van der Waals surface area contributed by atoms with Gasteiger partial charge in [0, 0.05) is 6.07 Å². The zero-order valence-electron chi connectivity index (χ0n) is 12.3. The SMILES string of the molecule is O=c1[nH]cnc2cc(OCc3ccccc3)c3c(c12)OCC=C3. The van der Waals surface area contributed by atoms with Crippen molar-refractivity contribution in [1.29, 1.82) is 0 Å². The number of fused-ring (bicyclic) bond motifs is 3. The Labute approximate surface area is 132 Å². The fourth-order valence-corrected chi connectivity index (χ4v) is 2.65. The van der Waals surface area contributed by atoms with Gasteiger partial charge in [-0.15, -0.1) is 0 Å². The molecule has 1 N–H and O–H groups in total. The van der Waals surface area contributed by atoms with Crippen LogP contribution in [0.1, 0.15) is 11.1 Å². The van der Waals surface area contributed by atoms with Crippen molar-refractivity contribution >= 4 is 17.0 Å². The average Bonchev–Trinajstić information content (AvgIpc) is 2.60. The second-order valence-corrected chi connectivity index (χ2v) is 5.23. The molecule has 0 atom stereocenters. The lowest BCUT2D eigenvalue weighted by atomic mass is 10.1. The number of rotatable bonds is 3. The third-order valence-corrected chi connectivity index (χ3v) is 3.73. The maximum Gasteiger partial charge on any atom is 0.262 e. The molecule has 0 unspecified atom stereocenters. The second kappa shape index (κ2) is 5.61. The van der Waals surface area contributed by atoms with Gasteiger partial charge in [0.25, 0.3) is 5.56 Å². The van der Waals surface area contributed by atoms with E-state index >= 15 is 0 Å². The van der Waals surface area contributed by atoms with Gasteiger partial charge in [-0.05, 0) is 17.7 Å². The summed E-state index contributed by atoms with van der Waals surface area (Å²) in [5.74, 6) is 1.19. The standard InChI is InChI=1S/C18H14N2O3/c21-18-16-14(19-11-20-18)9-15(13-7-4-8-22-17(13)16)23-10-12-5-2-1-3-6-12/h1-7,9,11H,8,10H2,(H,19,20,21). The highest BCUT2D eigenvalue weighted by Gasteiger charge is 2.19. The Balaban J connectivity index is 1.81.